The zero-order valence-corrected chi connectivity index (χ0v) is 9.77. The Morgan fingerprint density at radius 1 is 1.41 bits per heavy atom. The Labute approximate surface area is 100 Å². The number of hydrogen-bond acceptors (Lipinski definition) is 5. The Balaban J connectivity index is 1.84. The van der Waals surface area contributed by atoms with Gasteiger partial charge < -0.3 is 10.1 Å². The molecule has 1 atom stereocenters. The third-order valence-corrected chi connectivity index (χ3v) is 3.11. The van der Waals surface area contributed by atoms with Gasteiger partial charge in [-0.1, -0.05) is 6.42 Å². The maximum atomic E-state index is 12.2. The van der Waals surface area contributed by atoms with Gasteiger partial charge in [-0.15, -0.1) is 0 Å². The van der Waals surface area contributed by atoms with Crippen LogP contribution in [0.3, 0.4) is 0 Å². The zero-order chi connectivity index (χ0) is 12.3. The van der Waals surface area contributed by atoms with Crippen LogP contribution in [0.25, 0.3) is 0 Å². The van der Waals surface area contributed by atoms with Gasteiger partial charge in [-0.3, -0.25) is 0 Å². The first kappa shape index (κ1) is 12.6. The minimum atomic E-state index is -4.50. The van der Waals surface area contributed by atoms with E-state index in [9.17, 15) is 13.2 Å². The number of rotatable bonds is 3. The van der Waals surface area contributed by atoms with Crippen molar-refractivity contribution in [1.82, 2.24) is 14.7 Å². The van der Waals surface area contributed by atoms with Gasteiger partial charge in [0.05, 0.1) is 0 Å². The zero-order valence-electron chi connectivity index (χ0n) is 8.96. The maximum Gasteiger partial charge on any atom is 0.452 e. The number of piperidine rings is 1. The van der Waals surface area contributed by atoms with Crippen LogP contribution >= 0.6 is 11.5 Å². The number of nitrogens with zero attached hydrogens (tertiary/aromatic N) is 2. The molecule has 17 heavy (non-hydrogen) atoms. The van der Waals surface area contributed by atoms with E-state index in [4.69, 9.17) is 4.74 Å². The molecule has 0 bridgehead atoms. The van der Waals surface area contributed by atoms with E-state index >= 15 is 0 Å². The minimum Gasteiger partial charge on any atom is -0.467 e. The highest BCUT2D eigenvalue weighted by atomic mass is 32.1. The highest BCUT2D eigenvalue weighted by Crippen LogP contribution is 2.29. The van der Waals surface area contributed by atoms with Crippen LogP contribution in [0.2, 0.25) is 0 Å². The average molecular weight is 267 g/mol. The fraction of sp³-hybridized carbons (Fsp3) is 0.778. The van der Waals surface area contributed by atoms with Gasteiger partial charge in [0, 0.05) is 17.6 Å². The lowest BCUT2D eigenvalue weighted by Crippen LogP contribution is -2.38. The fourth-order valence-corrected chi connectivity index (χ4v) is 2.18. The lowest BCUT2D eigenvalue weighted by Gasteiger charge is -2.22. The Bertz CT molecular complexity index is 363. The summed E-state index contributed by atoms with van der Waals surface area (Å²) in [5.74, 6) is -1.13. The van der Waals surface area contributed by atoms with Crippen molar-refractivity contribution in [3.05, 3.63) is 5.82 Å². The van der Waals surface area contributed by atoms with Gasteiger partial charge in [-0.25, -0.2) is 0 Å². The summed E-state index contributed by atoms with van der Waals surface area (Å²) in [7, 11) is 0. The molecule has 96 valence electrons. The summed E-state index contributed by atoms with van der Waals surface area (Å²) in [6, 6.07) is 0.196. The Hall–Kier alpha value is -0.890. The number of hydrogen-bond donors (Lipinski definition) is 1. The molecule has 0 saturated carbocycles. The number of ether oxygens (including phenoxy) is 1. The molecule has 1 unspecified atom stereocenters. The van der Waals surface area contributed by atoms with Crippen molar-refractivity contribution in [2.24, 2.45) is 0 Å². The van der Waals surface area contributed by atoms with Crippen LogP contribution in [-0.2, 0) is 6.18 Å². The molecule has 1 saturated heterocycles. The van der Waals surface area contributed by atoms with Gasteiger partial charge in [-0.2, -0.15) is 22.5 Å². The van der Waals surface area contributed by atoms with E-state index in [2.05, 4.69) is 14.7 Å². The highest BCUT2D eigenvalue weighted by molar-refractivity contribution is 7.07. The number of halogens is 3. The third kappa shape index (κ3) is 3.53. The normalized spacial score (nSPS) is 21.5. The van der Waals surface area contributed by atoms with E-state index in [-0.39, 0.29) is 11.2 Å². The van der Waals surface area contributed by atoms with E-state index in [1.165, 1.54) is 0 Å². The van der Waals surface area contributed by atoms with Crippen LogP contribution in [0.1, 0.15) is 25.1 Å². The molecule has 1 aromatic rings. The Kier molecular flexibility index (Phi) is 3.82. The fourth-order valence-electron chi connectivity index (χ4n) is 1.62. The SMILES string of the molecule is FC(F)(F)c1nsc(OCC2CCCCN2)n1. The van der Waals surface area contributed by atoms with E-state index in [0.717, 1.165) is 25.8 Å². The second kappa shape index (κ2) is 5.18. The highest BCUT2D eigenvalue weighted by Gasteiger charge is 2.36. The van der Waals surface area contributed by atoms with E-state index in [1.54, 1.807) is 0 Å². The first-order chi connectivity index (χ1) is 8.05. The van der Waals surface area contributed by atoms with Crippen molar-refractivity contribution in [1.29, 1.82) is 0 Å². The van der Waals surface area contributed by atoms with Gasteiger partial charge >= 0.3 is 6.18 Å². The van der Waals surface area contributed by atoms with Crippen molar-refractivity contribution >= 4 is 11.5 Å². The Morgan fingerprint density at radius 3 is 2.82 bits per heavy atom. The van der Waals surface area contributed by atoms with Gasteiger partial charge in [-0.05, 0) is 19.4 Å². The number of alkyl halides is 3. The van der Waals surface area contributed by atoms with Crippen molar-refractivity contribution < 1.29 is 17.9 Å². The van der Waals surface area contributed by atoms with Crippen molar-refractivity contribution in [3.63, 3.8) is 0 Å². The van der Waals surface area contributed by atoms with Gasteiger partial charge in [0.1, 0.15) is 6.61 Å². The summed E-state index contributed by atoms with van der Waals surface area (Å²) in [6.45, 7) is 1.27. The molecule has 0 aliphatic carbocycles. The van der Waals surface area contributed by atoms with Gasteiger partial charge in [0.25, 0.3) is 11.0 Å². The van der Waals surface area contributed by atoms with Crippen molar-refractivity contribution in [2.75, 3.05) is 13.2 Å². The number of nitrogens with one attached hydrogen (secondary N) is 1. The standard InChI is InChI=1S/C9H12F3N3OS/c10-9(11,12)7-14-8(17-15-7)16-5-6-3-1-2-4-13-6/h6,13H,1-5H2. The summed E-state index contributed by atoms with van der Waals surface area (Å²) in [6.07, 6.45) is -1.27. The first-order valence-corrected chi connectivity index (χ1v) is 6.10. The summed E-state index contributed by atoms with van der Waals surface area (Å²) >= 11 is 0.634. The molecule has 1 aromatic heterocycles. The summed E-state index contributed by atoms with van der Waals surface area (Å²) in [4.78, 5) is 3.30. The summed E-state index contributed by atoms with van der Waals surface area (Å²) in [5.41, 5.74) is 0. The summed E-state index contributed by atoms with van der Waals surface area (Å²) in [5, 5.41) is 3.21. The largest absolute Gasteiger partial charge is 0.467 e. The molecular formula is C9H12F3N3OS. The Morgan fingerprint density at radius 2 is 2.24 bits per heavy atom. The lowest BCUT2D eigenvalue weighted by molar-refractivity contribution is -0.144. The first-order valence-electron chi connectivity index (χ1n) is 5.33. The minimum absolute atomic E-state index is 0.0234. The van der Waals surface area contributed by atoms with Gasteiger partial charge in [0.15, 0.2) is 0 Å². The van der Waals surface area contributed by atoms with Crippen LogP contribution in [0, 0.1) is 0 Å². The molecule has 2 heterocycles. The lowest BCUT2D eigenvalue weighted by atomic mass is 10.1. The average Bonchev–Trinajstić information content (AvgIpc) is 2.76. The molecule has 0 spiro atoms. The van der Waals surface area contributed by atoms with Crippen LogP contribution in [0.5, 0.6) is 5.19 Å². The monoisotopic (exact) mass is 267 g/mol. The van der Waals surface area contributed by atoms with Crippen molar-refractivity contribution in [2.45, 2.75) is 31.5 Å². The predicted molar refractivity (Wildman–Crippen MR) is 56.0 cm³/mol. The maximum absolute atomic E-state index is 12.2. The van der Waals surface area contributed by atoms with Gasteiger partial charge in [0.2, 0.25) is 0 Å². The predicted octanol–water partition coefficient (Wildman–Crippen LogP) is 2.08. The molecule has 2 rings (SSSR count). The molecule has 8 heteroatoms. The molecule has 0 amide bonds. The molecular weight excluding hydrogens is 255 g/mol. The molecule has 1 fully saturated rings. The van der Waals surface area contributed by atoms with Crippen LogP contribution < -0.4 is 10.1 Å². The molecule has 1 N–H and O–H groups in total. The second-order valence-corrected chi connectivity index (χ2v) is 4.55. The smallest absolute Gasteiger partial charge is 0.452 e. The van der Waals surface area contributed by atoms with Crippen LogP contribution in [0.4, 0.5) is 13.2 Å². The molecule has 1 aliphatic rings. The summed E-state index contributed by atoms with van der Waals surface area (Å²) < 4.78 is 45.0. The molecule has 0 aromatic carbocycles. The third-order valence-electron chi connectivity index (χ3n) is 2.48. The van der Waals surface area contributed by atoms with E-state index < -0.39 is 12.0 Å². The number of aromatic nitrogens is 2. The molecule has 1 aliphatic heterocycles. The van der Waals surface area contributed by atoms with E-state index in [0.29, 0.717) is 18.1 Å². The van der Waals surface area contributed by atoms with Crippen LogP contribution in [-0.4, -0.2) is 28.6 Å². The molecule has 0 radical (unpaired) electrons. The quantitative estimate of drug-likeness (QED) is 0.910. The van der Waals surface area contributed by atoms with E-state index in [1.807, 2.05) is 0 Å². The topological polar surface area (TPSA) is 47.0 Å². The second-order valence-electron chi connectivity index (χ2n) is 3.84. The molecule has 4 nitrogen and oxygen atoms in total. The van der Waals surface area contributed by atoms with Crippen LogP contribution in [0.15, 0.2) is 0 Å². The van der Waals surface area contributed by atoms with Crippen molar-refractivity contribution in [3.8, 4) is 5.19 Å².